The highest BCUT2D eigenvalue weighted by molar-refractivity contribution is 5.55. The first-order chi connectivity index (χ1) is 4.06. The van der Waals surface area contributed by atoms with Gasteiger partial charge in [-0.15, -0.1) is 13.2 Å². The summed E-state index contributed by atoms with van der Waals surface area (Å²) in [5.41, 5.74) is 0. The summed E-state index contributed by atoms with van der Waals surface area (Å²) in [6.07, 6.45) is -3.19. The molecule has 0 amide bonds. The van der Waals surface area contributed by atoms with E-state index in [0.717, 1.165) is 6.21 Å². The first-order valence-electron chi connectivity index (χ1n) is 2.33. The minimum absolute atomic E-state index is 0.427. The normalized spacial score (nSPS) is 12.4. The van der Waals surface area contributed by atoms with E-state index in [1.165, 1.54) is 0 Å². The summed E-state index contributed by atoms with van der Waals surface area (Å²) in [6.45, 7) is 1.66. The quantitative estimate of drug-likeness (QED) is 0.425. The predicted molar refractivity (Wildman–Crippen MR) is 25.9 cm³/mol. The zero-order valence-corrected chi connectivity index (χ0v) is 4.77. The van der Waals surface area contributed by atoms with Gasteiger partial charge in [-0.05, 0) is 6.42 Å². The molecule has 5 heteroatoms. The molecule has 0 saturated carbocycles. The number of alkyl halides is 3. The summed E-state index contributed by atoms with van der Waals surface area (Å²) in [5.74, 6) is 0. The van der Waals surface area contributed by atoms with E-state index in [1.807, 2.05) is 0 Å². The summed E-state index contributed by atoms with van der Waals surface area (Å²) in [4.78, 5) is 3.04. The molecule has 0 unspecified atom stereocenters. The maximum Gasteiger partial charge on any atom is 0.593 e. The van der Waals surface area contributed by atoms with E-state index < -0.39 is 6.36 Å². The minimum atomic E-state index is -4.65. The van der Waals surface area contributed by atoms with Crippen LogP contribution in [0, 0.1) is 0 Å². The van der Waals surface area contributed by atoms with Gasteiger partial charge in [0.05, 0.1) is 0 Å². The highest BCUT2D eigenvalue weighted by Gasteiger charge is 2.30. The third-order valence-electron chi connectivity index (χ3n) is 0.413. The first kappa shape index (κ1) is 8.26. The molecular formula is C4H6F3NO. The Morgan fingerprint density at radius 1 is 1.56 bits per heavy atom. The lowest BCUT2D eigenvalue weighted by molar-refractivity contribution is -0.325. The van der Waals surface area contributed by atoms with E-state index in [0.29, 0.717) is 6.42 Å². The molecule has 54 valence electrons. The van der Waals surface area contributed by atoms with E-state index in [1.54, 1.807) is 6.92 Å². The van der Waals surface area contributed by atoms with Crippen LogP contribution in [-0.2, 0) is 4.84 Å². The fourth-order valence-electron chi connectivity index (χ4n) is 0.172. The Balaban J connectivity index is 3.38. The van der Waals surface area contributed by atoms with E-state index in [2.05, 4.69) is 9.99 Å². The van der Waals surface area contributed by atoms with Gasteiger partial charge in [0.1, 0.15) is 0 Å². The van der Waals surface area contributed by atoms with Crippen LogP contribution in [0.1, 0.15) is 13.3 Å². The molecule has 0 aliphatic carbocycles. The highest BCUT2D eigenvalue weighted by Crippen LogP contribution is 2.15. The zero-order chi connectivity index (χ0) is 7.33. The van der Waals surface area contributed by atoms with Crippen molar-refractivity contribution in [3.8, 4) is 0 Å². The highest BCUT2D eigenvalue weighted by atomic mass is 19.4. The van der Waals surface area contributed by atoms with Crippen molar-refractivity contribution in [2.24, 2.45) is 5.16 Å². The van der Waals surface area contributed by atoms with E-state index in [4.69, 9.17) is 0 Å². The van der Waals surface area contributed by atoms with Gasteiger partial charge in [0, 0.05) is 6.21 Å². The summed E-state index contributed by atoms with van der Waals surface area (Å²) in [6, 6.07) is 0. The van der Waals surface area contributed by atoms with Crippen molar-refractivity contribution in [3.05, 3.63) is 0 Å². The summed E-state index contributed by atoms with van der Waals surface area (Å²) >= 11 is 0. The van der Waals surface area contributed by atoms with Gasteiger partial charge >= 0.3 is 6.36 Å². The van der Waals surface area contributed by atoms with Gasteiger partial charge in [-0.2, -0.15) is 0 Å². The number of nitrogens with zero attached hydrogens (tertiary/aromatic N) is 1. The van der Waals surface area contributed by atoms with Crippen molar-refractivity contribution in [2.45, 2.75) is 19.7 Å². The zero-order valence-electron chi connectivity index (χ0n) is 4.77. The molecule has 0 aromatic rings. The van der Waals surface area contributed by atoms with Crippen molar-refractivity contribution in [1.29, 1.82) is 0 Å². The van der Waals surface area contributed by atoms with Gasteiger partial charge in [-0.1, -0.05) is 12.1 Å². The maximum absolute atomic E-state index is 11.0. The Morgan fingerprint density at radius 3 is 2.44 bits per heavy atom. The van der Waals surface area contributed by atoms with Crippen LogP contribution in [0.5, 0.6) is 0 Å². The van der Waals surface area contributed by atoms with Crippen molar-refractivity contribution in [3.63, 3.8) is 0 Å². The van der Waals surface area contributed by atoms with Crippen LogP contribution in [0.3, 0.4) is 0 Å². The van der Waals surface area contributed by atoms with Crippen LogP contribution in [0.2, 0.25) is 0 Å². The molecule has 0 heterocycles. The molecule has 9 heavy (non-hydrogen) atoms. The fourth-order valence-corrected chi connectivity index (χ4v) is 0.172. The Kier molecular flexibility index (Phi) is 3.05. The Morgan fingerprint density at radius 2 is 2.11 bits per heavy atom. The first-order valence-corrected chi connectivity index (χ1v) is 2.33. The van der Waals surface area contributed by atoms with Gasteiger partial charge in [-0.3, -0.25) is 4.84 Å². The Labute approximate surface area is 50.3 Å². The van der Waals surface area contributed by atoms with Gasteiger partial charge < -0.3 is 0 Å². The molecule has 0 rings (SSSR count). The fraction of sp³-hybridized carbons (Fsp3) is 0.750. The average Bonchev–Trinajstić information content (AvgIpc) is 1.63. The monoisotopic (exact) mass is 141 g/mol. The second-order valence-electron chi connectivity index (χ2n) is 1.23. The molecule has 0 bridgehead atoms. The van der Waals surface area contributed by atoms with Crippen molar-refractivity contribution >= 4 is 6.21 Å². The second-order valence-corrected chi connectivity index (χ2v) is 1.23. The summed E-state index contributed by atoms with van der Waals surface area (Å²) in [5, 5.41) is 2.61. The van der Waals surface area contributed by atoms with E-state index in [-0.39, 0.29) is 0 Å². The number of halogens is 3. The third kappa shape index (κ3) is 7.26. The molecule has 0 aromatic carbocycles. The van der Waals surface area contributed by atoms with Gasteiger partial charge in [-0.25, -0.2) is 0 Å². The topological polar surface area (TPSA) is 21.6 Å². The summed E-state index contributed by atoms with van der Waals surface area (Å²) < 4.78 is 33.1. The molecule has 0 N–H and O–H groups in total. The standard InChI is InChI=1S/C4H6F3NO/c1-2-3-8-9-4(5,6)7/h3H,2H2,1H3. The van der Waals surface area contributed by atoms with Crippen LogP contribution < -0.4 is 0 Å². The SMILES string of the molecule is CCC=NOC(F)(F)F. The maximum atomic E-state index is 11.0. The third-order valence-corrected chi connectivity index (χ3v) is 0.413. The lowest BCUT2D eigenvalue weighted by atomic mass is 10.6. The lowest BCUT2D eigenvalue weighted by Crippen LogP contribution is -2.08. The number of oxime groups is 1. The Hall–Kier alpha value is -0.740. The largest absolute Gasteiger partial charge is 0.593 e. The van der Waals surface area contributed by atoms with Crippen LogP contribution in [-0.4, -0.2) is 12.6 Å². The van der Waals surface area contributed by atoms with Crippen molar-refractivity contribution in [2.75, 3.05) is 0 Å². The van der Waals surface area contributed by atoms with Crippen LogP contribution >= 0.6 is 0 Å². The van der Waals surface area contributed by atoms with Gasteiger partial charge in [0.15, 0.2) is 0 Å². The molecule has 0 saturated heterocycles. The second kappa shape index (κ2) is 3.32. The Bertz CT molecular complexity index is 98.5. The lowest BCUT2D eigenvalue weighted by Gasteiger charge is -1.99. The van der Waals surface area contributed by atoms with Gasteiger partial charge in [0.25, 0.3) is 0 Å². The molecular weight excluding hydrogens is 135 g/mol. The van der Waals surface area contributed by atoms with Crippen LogP contribution in [0.25, 0.3) is 0 Å². The van der Waals surface area contributed by atoms with Crippen LogP contribution in [0.15, 0.2) is 5.16 Å². The smallest absolute Gasteiger partial charge is 0.294 e. The summed E-state index contributed by atoms with van der Waals surface area (Å²) in [7, 11) is 0. The molecule has 0 aliphatic heterocycles. The number of rotatable bonds is 2. The molecule has 0 aromatic heterocycles. The minimum Gasteiger partial charge on any atom is -0.294 e. The average molecular weight is 141 g/mol. The molecule has 0 atom stereocenters. The predicted octanol–water partition coefficient (Wildman–Crippen LogP) is 1.92. The molecule has 0 spiro atoms. The number of hydrogen-bond donors (Lipinski definition) is 0. The van der Waals surface area contributed by atoms with Crippen molar-refractivity contribution in [1.82, 2.24) is 0 Å². The molecule has 0 aliphatic rings. The van der Waals surface area contributed by atoms with E-state index >= 15 is 0 Å². The van der Waals surface area contributed by atoms with Gasteiger partial charge in [0.2, 0.25) is 0 Å². The molecule has 0 radical (unpaired) electrons. The van der Waals surface area contributed by atoms with E-state index in [9.17, 15) is 13.2 Å². The number of hydrogen-bond acceptors (Lipinski definition) is 2. The van der Waals surface area contributed by atoms with Crippen molar-refractivity contribution < 1.29 is 18.0 Å². The van der Waals surface area contributed by atoms with Crippen LogP contribution in [0.4, 0.5) is 13.2 Å². The molecule has 0 fully saturated rings. The molecule has 2 nitrogen and oxygen atoms in total.